The number of aromatic hydroxyl groups is 4. The smallest absolute Gasteiger partial charge is 0.126 e. The molecule has 64 heavy (non-hydrogen) atoms. The molecule has 4 N–H and O–H groups in total. The topological polar surface area (TPSA) is 118 Å². The van der Waals surface area contributed by atoms with E-state index in [0.29, 0.717) is 67.5 Å². The Kier molecular flexibility index (Phi) is 11.3. The van der Waals surface area contributed by atoms with E-state index in [9.17, 15) is 20.4 Å². The largest absolute Gasteiger partial charge is 0.507 e. The Hall–Kier alpha value is -7.84. The molecule has 0 radical (unpaired) electrons. The van der Waals surface area contributed by atoms with Gasteiger partial charge in [-0.3, -0.25) is 0 Å². The lowest BCUT2D eigenvalue weighted by molar-refractivity contribution is 0.394. The molecule has 4 atom stereocenters. The van der Waals surface area contributed by atoms with E-state index < -0.39 is 23.7 Å². The van der Waals surface area contributed by atoms with E-state index in [0.717, 1.165) is 22.3 Å². The van der Waals surface area contributed by atoms with Crippen LogP contribution in [-0.4, -0.2) is 48.9 Å². The molecule has 0 aliphatic heterocycles. The minimum absolute atomic E-state index is 0.0210. The summed E-state index contributed by atoms with van der Waals surface area (Å²) in [5, 5.41) is 49.1. The van der Waals surface area contributed by atoms with Crippen molar-refractivity contribution < 1.29 is 39.4 Å². The molecule has 8 aromatic carbocycles. The van der Waals surface area contributed by atoms with Gasteiger partial charge in [-0.1, -0.05) is 121 Å². The molecule has 0 heterocycles. The Balaban J connectivity index is 1.51. The van der Waals surface area contributed by atoms with Gasteiger partial charge >= 0.3 is 0 Å². The number of phenolic OH excluding ortho intramolecular Hbond substituents is 4. The molecule has 0 saturated carbocycles. The van der Waals surface area contributed by atoms with Gasteiger partial charge < -0.3 is 39.4 Å². The average Bonchev–Trinajstić information content (AvgIpc) is 3.33. The summed E-state index contributed by atoms with van der Waals surface area (Å²) in [5.74, 6) is -1.08. The molecule has 0 spiro atoms. The van der Waals surface area contributed by atoms with Gasteiger partial charge in [0.05, 0.1) is 28.4 Å². The summed E-state index contributed by atoms with van der Waals surface area (Å²) in [4.78, 5) is 0. The van der Waals surface area contributed by atoms with Crippen LogP contribution in [0.15, 0.2) is 170 Å². The van der Waals surface area contributed by atoms with Gasteiger partial charge in [-0.05, 0) is 46.5 Å². The Morgan fingerprint density at radius 2 is 0.453 bits per heavy atom. The van der Waals surface area contributed by atoms with Crippen molar-refractivity contribution in [1.82, 2.24) is 0 Å². The Morgan fingerprint density at radius 1 is 0.266 bits per heavy atom. The van der Waals surface area contributed by atoms with Crippen LogP contribution in [0.1, 0.15) is 90.4 Å². The second-order valence-corrected chi connectivity index (χ2v) is 16.0. The fraction of sp³-hybridized carbons (Fsp3) is 0.143. The summed E-state index contributed by atoms with van der Waals surface area (Å²) in [7, 11) is 6.26. The maximum atomic E-state index is 12.3. The number of phenols is 4. The average molecular weight is 849 g/mol. The SMILES string of the molecule is COc1cc(O)c2cc1[C@H](c1ccccc1)c1cc(c(OC)cc1O)[C@H](c1ccccc1)c1cc(c(OC)cc1O)[C@H](c1ccccc1)c1cc(c(OC)cc1O)[C@@H]2c1ccccc1. The summed E-state index contributed by atoms with van der Waals surface area (Å²) in [5.41, 5.74) is 8.26. The third-order valence-corrected chi connectivity index (χ3v) is 12.5. The highest BCUT2D eigenvalue weighted by atomic mass is 16.5. The third-order valence-electron chi connectivity index (χ3n) is 12.5. The van der Waals surface area contributed by atoms with Gasteiger partial charge in [0.15, 0.2) is 0 Å². The maximum absolute atomic E-state index is 12.3. The quantitative estimate of drug-likeness (QED) is 0.119. The minimum Gasteiger partial charge on any atom is -0.507 e. The molecule has 9 rings (SSSR count). The first kappa shape index (κ1) is 41.5. The fourth-order valence-electron chi connectivity index (χ4n) is 9.64. The lowest BCUT2D eigenvalue weighted by Gasteiger charge is -2.30. The summed E-state index contributed by atoms with van der Waals surface area (Å²) in [6.45, 7) is 0. The van der Waals surface area contributed by atoms with Crippen molar-refractivity contribution in [2.75, 3.05) is 28.4 Å². The number of ether oxygens (including phenoxy) is 4. The van der Waals surface area contributed by atoms with Crippen LogP contribution in [0.5, 0.6) is 46.0 Å². The van der Waals surface area contributed by atoms with Crippen LogP contribution in [0.25, 0.3) is 0 Å². The second-order valence-electron chi connectivity index (χ2n) is 16.0. The lowest BCUT2D eigenvalue weighted by Crippen LogP contribution is -2.14. The number of hydrogen-bond donors (Lipinski definition) is 4. The van der Waals surface area contributed by atoms with Gasteiger partial charge in [0.2, 0.25) is 0 Å². The summed E-state index contributed by atoms with van der Waals surface area (Å²) in [6.07, 6.45) is 0. The van der Waals surface area contributed by atoms with E-state index in [1.165, 1.54) is 0 Å². The molecule has 320 valence electrons. The predicted octanol–water partition coefficient (Wildman–Crippen LogP) is 11.6. The van der Waals surface area contributed by atoms with Gasteiger partial charge in [0, 0.05) is 92.4 Å². The van der Waals surface area contributed by atoms with Crippen LogP contribution in [0.3, 0.4) is 0 Å². The number of hydrogen-bond acceptors (Lipinski definition) is 8. The number of methoxy groups -OCH3 is 4. The molecule has 8 bridgehead atoms. The molecule has 0 fully saturated rings. The van der Waals surface area contributed by atoms with Crippen molar-refractivity contribution in [3.8, 4) is 46.0 Å². The van der Waals surface area contributed by atoms with Gasteiger partial charge in [-0.15, -0.1) is 0 Å². The molecule has 0 saturated heterocycles. The second kappa shape index (κ2) is 17.5. The Morgan fingerprint density at radius 3 is 0.625 bits per heavy atom. The van der Waals surface area contributed by atoms with E-state index in [-0.39, 0.29) is 23.0 Å². The van der Waals surface area contributed by atoms with Crippen molar-refractivity contribution in [1.29, 1.82) is 0 Å². The molecule has 8 nitrogen and oxygen atoms in total. The van der Waals surface area contributed by atoms with Gasteiger partial charge in [0.25, 0.3) is 0 Å². The minimum atomic E-state index is -0.652. The van der Waals surface area contributed by atoms with Crippen molar-refractivity contribution >= 4 is 0 Å². The molecule has 0 aromatic heterocycles. The number of rotatable bonds is 8. The lowest BCUT2D eigenvalue weighted by atomic mass is 9.75. The molecule has 1 aliphatic rings. The van der Waals surface area contributed by atoms with E-state index in [1.807, 2.05) is 146 Å². The van der Waals surface area contributed by atoms with Crippen LogP contribution >= 0.6 is 0 Å². The van der Waals surface area contributed by atoms with Crippen LogP contribution < -0.4 is 18.9 Å². The molecule has 0 amide bonds. The first-order valence-corrected chi connectivity index (χ1v) is 21.1. The highest BCUT2D eigenvalue weighted by Crippen LogP contribution is 2.54. The molecule has 0 unspecified atom stereocenters. The zero-order valence-corrected chi connectivity index (χ0v) is 35.9. The molecular weight excluding hydrogens is 801 g/mol. The summed E-state index contributed by atoms with van der Waals surface area (Å²) >= 11 is 0. The number of fused-ring (bicyclic) bond motifs is 8. The van der Waals surface area contributed by atoms with Gasteiger partial charge in [-0.25, -0.2) is 0 Å². The monoisotopic (exact) mass is 848 g/mol. The first-order chi connectivity index (χ1) is 31.2. The van der Waals surface area contributed by atoms with Crippen molar-refractivity contribution in [3.63, 3.8) is 0 Å². The standard InChI is InChI=1S/C56H48O8/c1-61-49-29-45(57)37-25-41(49)53(33-17-9-5-10-18-33)38-26-42(50(62-2)30-46(38)58)55(35-21-13-7-14-22-35)40-28-44(52(64-4)32-48(40)60)56(36-23-15-8-16-24-36)39-27-43(51(63-3)31-47(39)59)54(37)34-19-11-6-12-20-34/h5-32,53-60H,1-4H3/t53-,54-,55-,56-/m1/s1. The highest BCUT2D eigenvalue weighted by Gasteiger charge is 2.35. The van der Waals surface area contributed by atoms with Crippen LogP contribution in [-0.2, 0) is 0 Å². The zero-order chi connectivity index (χ0) is 44.5. The third kappa shape index (κ3) is 7.36. The van der Waals surface area contributed by atoms with Crippen LogP contribution in [0.4, 0.5) is 0 Å². The molecular formula is C56H48O8. The Labute approximate surface area is 372 Å². The van der Waals surface area contributed by atoms with Crippen molar-refractivity contribution in [3.05, 3.63) is 237 Å². The summed E-state index contributed by atoms with van der Waals surface area (Å²) in [6, 6.07) is 53.7. The Bertz CT molecular complexity index is 2530. The van der Waals surface area contributed by atoms with Crippen molar-refractivity contribution in [2.45, 2.75) is 23.7 Å². The molecule has 8 heteroatoms. The van der Waals surface area contributed by atoms with Gasteiger partial charge in [0.1, 0.15) is 46.0 Å². The van der Waals surface area contributed by atoms with E-state index in [2.05, 4.69) is 0 Å². The van der Waals surface area contributed by atoms with E-state index >= 15 is 0 Å². The number of benzene rings is 8. The molecule has 8 aromatic rings. The van der Waals surface area contributed by atoms with Crippen LogP contribution in [0.2, 0.25) is 0 Å². The van der Waals surface area contributed by atoms with Gasteiger partial charge in [-0.2, -0.15) is 0 Å². The molecule has 1 aliphatic carbocycles. The van der Waals surface area contributed by atoms with Crippen molar-refractivity contribution in [2.24, 2.45) is 0 Å². The first-order valence-electron chi connectivity index (χ1n) is 21.1. The highest BCUT2D eigenvalue weighted by molar-refractivity contribution is 5.67. The predicted molar refractivity (Wildman–Crippen MR) is 248 cm³/mol. The summed E-state index contributed by atoms with van der Waals surface area (Å²) < 4.78 is 24.5. The van der Waals surface area contributed by atoms with E-state index in [1.54, 1.807) is 52.7 Å². The van der Waals surface area contributed by atoms with E-state index in [4.69, 9.17) is 18.9 Å². The maximum Gasteiger partial charge on any atom is 0.126 e. The fourth-order valence-corrected chi connectivity index (χ4v) is 9.64. The zero-order valence-electron chi connectivity index (χ0n) is 35.9. The van der Waals surface area contributed by atoms with Crippen LogP contribution in [0, 0.1) is 0 Å². The normalized spacial score (nSPS) is 16.7.